The topological polar surface area (TPSA) is 34.1 Å². The number of ketones is 2. The van der Waals surface area contributed by atoms with Gasteiger partial charge in [-0.15, -0.1) is 0 Å². The maximum atomic E-state index is 13.3. The molecule has 0 radical (unpaired) electrons. The molecule has 2 saturated carbocycles. The first-order valence-corrected chi connectivity index (χ1v) is 8.44. The van der Waals surface area contributed by atoms with Gasteiger partial charge in [-0.05, 0) is 34.9 Å². The van der Waals surface area contributed by atoms with Crippen LogP contribution in [0.5, 0.6) is 0 Å². The molecule has 0 amide bonds. The van der Waals surface area contributed by atoms with E-state index < -0.39 is 5.92 Å². The molecular weight excluding hydrogens is 284 g/mol. The third-order valence-electron chi connectivity index (χ3n) is 6.87. The highest BCUT2D eigenvalue weighted by molar-refractivity contribution is 6.19. The molecule has 2 heteroatoms. The molecule has 0 aromatic heterocycles. The normalized spacial score (nSPS) is 31.7. The fourth-order valence-electron chi connectivity index (χ4n) is 5.00. The third-order valence-corrected chi connectivity index (χ3v) is 6.87. The lowest BCUT2D eigenvalue weighted by molar-refractivity contribution is -0.130. The van der Waals surface area contributed by atoms with E-state index >= 15 is 0 Å². The first kappa shape index (κ1) is 14.6. The van der Waals surface area contributed by atoms with E-state index in [0.29, 0.717) is 5.56 Å². The zero-order chi connectivity index (χ0) is 16.4. The van der Waals surface area contributed by atoms with E-state index in [1.807, 2.05) is 42.5 Å². The summed E-state index contributed by atoms with van der Waals surface area (Å²) in [5, 5.41) is 2.01. The Kier molecular flexibility index (Phi) is 2.88. The number of Topliss-reactive ketones (excluding diaryl/α,β-unsaturated/α-hetero) is 2. The van der Waals surface area contributed by atoms with E-state index in [-0.39, 0.29) is 28.3 Å². The van der Waals surface area contributed by atoms with Crippen LogP contribution in [0.15, 0.2) is 42.5 Å². The molecule has 2 nitrogen and oxygen atoms in total. The van der Waals surface area contributed by atoms with Crippen molar-refractivity contribution in [2.24, 2.45) is 22.7 Å². The van der Waals surface area contributed by atoms with Crippen molar-refractivity contribution in [1.29, 1.82) is 0 Å². The predicted octanol–water partition coefficient (Wildman–Crippen LogP) is 4.66. The fourth-order valence-corrected chi connectivity index (χ4v) is 5.00. The van der Waals surface area contributed by atoms with Crippen LogP contribution in [0.1, 0.15) is 44.0 Å². The van der Waals surface area contributed by atoms with Gasteiger partial charge in [0.25, 0.3) is 0 Å². The number of hydrogen-bond acceptors (Lipinski definition) is 2. The van der Waals surface area contributed by atoms with Gasteiger partial charge in [-0.1, -0.05) is 63.2 Å². The SMILES string of the molecule is CC1(C)[C@H]2CC[C@@]1(C)C(=O)[C@@H]2C(=O)c1cccc2ccccc12. The standard InChI is InChI=1S/C21H22O2/c1-20(2)16-11-12-21(20,3)19(23)17(16)18(22)15-10-6-8-13-7-4-5-9-14(13)15/h4-10,16-17H,11-12H2,1-3H3/t16-,17-,21-/m0/s1. The molecule has 3 atom stereocenters. The van der Waals surface area contributed by atoms with E-state index in [2.05, 4.69) is 20.8 Å². The Morgan fingerprint density at radius 3 is 2.43 bits per heavy atom. The van der Waals surface area contributed by atoms with Crippen LogP contribution in [0.3, 0.4) is 0 Å². The highest BCUT2D eigenvalue weighted by Crippen LogP contribution is 2.66. The van der Waals surface area contributed by atoms with Crippen LogP contribution in [0.2, 0.25) is 0 Å². The molecule has 0 N–H and O–H groups in total. The summed E-state index contributed by atoms with van der Waals surface area (Å²) in [5.41, 5.74) is 0.269. The van der Waals surface area contributed by atoms with Crippen LogP contribution in [0, 0.1) is 22.7 Å². The van der Waals surface area contributed by atoms with Gasteiger partial charge in [0.15, 0.2) is 5.78 Å². The molecule has 0 spiro atoms. The Bertz CT molecular complexity index is 827. The molecule has 23 heavy (non-hydrogen) atoms. The predicted molar refractivity (Wildman–Crippen MR) is 91.4 cm³/mol. The summed E-state index contributed by atoms with van der Waals surface area (Å²) in [6, 6.07) is 13.7. The fraction of sp³-hybridized carbons (Fsp3) is 0.429. The van der Waals surface area contributed by atoms with Crippen molar-refractivity contribution < 1.29 is 9.59 Å². The van der Waals surface area contributed by atoms with Crippen molar-refractivity contribution >= 4 is 22.3 Å². The molecule has 0 unspecified atom stereocenters. The summed E-state index contributed by atoms with van der Waals surface area (Å²) in [6.07, 6.45) is 1.90. The second kappa shape index (κ2) is 4.53. The number of rotatable bonds is 2. The smallest absolute Gasteiger partial charge is 0.174 e. The minimum Gasteiger partial charge on any atom is -0.298 e. The molecule has 0 heterocycles. The average molecular weight is 306 g/mol. The molecule has 4 rings (SSSR count). The zero-order valence-corrected chi connectivity index (χ0v) is 13.9. The van der Waals surface area contributed by atoms with Crippen LogP contribution in [0.4, 0.5) is 0 Å². The van der Waals surface area contributed by atoms with Gasteiger partial charge < -0.3 is 0 Å². The number of carbonyl (C=O) groups is 2. The number of hydrogen-bond donors (Lipinski definition) is 0. The quantitative estimate of drug-likeness (QED) is 0.597. The maximum absolute atomic E-state index is 13.3. The van der Waals surface area contributed by atoms with Gasteiger partial charge in [0.1, 0.15) is 5.78 Å². The minimum absolute atomic E-state index is 0.0216. The Balaban J connectivity index is 1.83. The summed E-state index contributed by atoms with van der Waals surface area (Å²) >= 11 is 0. The Morgan fingerprint density at radius 2 is 1.74 bits per heavy atom. The lowest BCUT2D eigenvalue weighted by Crippen LogP contribution is -2.35. The molecule has 0 saturated heterocycles. The van der Waals surface area contributed by atoms with E-state index in [9.17, 15) is 9.59 Å². The molecule has 2 aliphatic rings. The summed E-state index contributed by atoms with van der Waals surface area (Å²) in [7, 11) is 0. The lowest BCUT2D eigenvalue weighted by atomic mass is 9.70. The number of fused-ring (bicyclic) bond motifs is 3. The Labute approximate surface area is 136 Å². The number of benzene rings is 2. The van der Waals surface area contributed by atoms with Crippen LogP contribution in [-0.4, -0.2) is 11.6 Å². The third kappa shape index (κ3) is 1.69. The first-order valence-electron chi connectivity index (χ1n) is 8.44. The molecule has 2 aliphatic carbocycles. The second-order valence-corrected chi connectivity index (χ2v) is 7.93. The summed E-state index contributed by atoms with van der Waals surface area (Å²) in [5.74, 6) is -0.106. The second-order valence-electron chi connectivity index (χ2n) is 7.93. The Hall–Kier alpha value is -1.96. The van der Waals surface area contributed by atoms with E-state index in [1.54, 1.807) is 0 Å². The largest absolute Gasteiger partial charge is 0.298 e. The van der Waals surface area contributed by atoms with Crippen molar-refractivity contribution in [1.82, 2.24) is 0 Å². The van der Waals surface area contributed by atoms with Crippen molar-refractivity contribution in [3.8, 4) is 0 Å². The molecule has 2 aromatic carbocycles. The van der Waals surface area contributed by atoms with Crippen LogP contribution < -0.4 is 0 Å². The molecule has 118 valence electrons. The molecular formula is C21H22O2. The van der Waals surface area contributed by atoms with Gasteiger partial charge >= 0.3 is 0 Å². The van der Waals surface area contributed by atoms with Crippen LogP contribution in [-0.2, 0) is 4.79 Å². The van der Waals surface area contributed by atoms with E-state index in [0.717, 1.165) is 23.6 Å². The van der Waals surface area contributed by atoms with Gasteiger partial charge in [0.05, 0.1) is 5.92 Å². The van der Waals surface area contributed by atoms with Crippen LogP contribution >= 0.6 is 0 Å². The Morgan fingerprint density at radius 1 is 1.04 bits per heavy atom. The summed E-state index contributed by atoms with van der Waals surface area (Å²) in [6.45, 7) is 6.39. The molecule has 2 bridgehead atoms. The minimum atomic E-state index is -0.463. The monoisotopic (exact) mass is 306 g/mol. The average Bonchev–Trinajstić information content (AvgIpc) is 2.86. The maximum Gasteiger partial charge on any atom is 0.174 e. The van der Waals surface area contributed by atoms with E-state index in [1.165, 1.54) is 0 Å². The lowest BCUT2D eigenvalue weighted by Gasteiger charge is -2.32. The highest BCUT2D eigenvalue weighted by Gasteiger charge is 2.67. The number of carbonyl (C=O) groups excluding carboxylic acids is 2. The van der Waals surface area contributed by atoms with Crippen molar-refractivity contribution in [2.75, 3.05) is 0 Å². The van der Waals surface area contributed by atoms with Gasteiger partial charge in [-0.2, -0.15) is 0 Å². The highest BCUT2D eigenvalue weighted by atomic mass is 16.2. The first-order chi connectivity index (χ1) is 10.9. The van der Waals surface area contributed by atoms with Gasteiger partial charge in [-0.3, -0.25) is 9.59 Å². The molecule has 0 aliphatic heterocycles. The van der Waals surface area contributed by atoms with Gasteiger partial charge in [-0.25, -0.2) is 0 Å². The van der Waals surface area contributed by atoms with Crippen molar-refractivity contribution in [3.63, 3.8) is 0 Å². The van der Waals surface area contributed by atoms with Crippen molar-refractivity contribution in [3.05, 3.63) is 48.0 Å². The van der Waals surface area contributed by atoms with Gasteiger partial charge in [0.2, 0.25) is 0 Å². The van der Waals surface area contributed by atoms with Crippen LogP contribution in [0.25, 0.3) is 10.8 Å². The molecule has 2 aromatic rings. The zero-order valence-electron chi connectivity index (χ0n) is 13.9. The van der Waals surface area contributed by atoms with Crippen molar-refractivity contribution in [2.45, 2.75) is 33.6 Å². The van der Waals surface area contributed by atoms with Gasteiger partial charge in [0, 0.05) is 11.0 Å². The summed E-state index contributed by atoms with van der Waals surface area (Å²) in [4.78, 5) is 26.3. The van der Waals surface area contributed by atoms with E-state index in [4.69, 9.17) is 0 Å². The molecule has 2 fully saturated rings. The summed E-state index contributed by atoms with van der Waals surface area (Å²) < 4.78 is 0.